The van der Waals surface area contributed by atoms with Gasteiger partial charge in [-0.25, -0.2) is 8.42 Å². The molecule has 25 heavy (non-hydrogen) atoms. The van der Waals surface area contributed by atoms with Gasteiger partial charge in [0.2, 0.25) is 0 Å². The lowest BCUT2D eigenvalue weighted by Crippen LogP contribution is -2.15. The molecule has 0 bridgehead atoms. The maximum absolute atomic E-state index is 12.9. The van der Waals surface area contributed by atoms with Gasteiger partial charge in [0.15, 0.2) is 0 Å². The van der Waals surface area contributed by atoms with Crippen LogP contribution in [0.5, 0.6) is 17.2 Å². The molecule has 0 amide bonds. The van der Waals surface area contributed by atoms with Crippen molar-refractivity contribution in [1.29, 1.82) is 0 Å². The highest BCUT2D eigenvalue weighted by Gasteiger charge is 2.22. The Morgan fingerprint density at radius 2 is 1.56 bits per heavy atom. The van der Waals surface area contributed by atoms with Gasteiger partial charge in [0, 0.05) is 6.07 Å². The van der Waals surface area contributed by atoms with Crippen LogP contribution in [-0.4, -0.2) is 29.7 Å². The zero-order chi connectivity index (χ0) is 18.6. The van der Waals surface area contributed by atoms with Gasteiger partial charge in [-0.05, 0) is 35.7 Å². The van der Waals surface area contributed by atoms with Gasteiger partial charge >= 0.3 is 0 Å². The van der Waals surface area contributed by atoms with Crippen LogP contribution in [0.3, 0.4) is 0 Å². The van der Waals surface area contributed by atoms with Crippen molar-refractivity contribution in [3.05, 3.63) is 42.0 Å². The van der Waals surface area contributed by atoms with Crippen molar-refractivity contribution in [2.45, 2.75) is 24.7 Å². The Balaban J connectivity index is 2.48. The van der Waals surface area contributed by atoms with Crippen LogP contribution >= 0.6 is 0 Å². The van der Waals surface area contributed by atoms with Gasteiger partial charge in [0.05, 0.1) is 27.0 Å². The smallest absolute Gasteiger partial charge is 0.265 e. The third kappa shape index (κ3) is 4.17. The second-order valence-electron chi connectivity index (χ2n) is 5.74. The average molecular weight is 365 g/mol. The van der Waals surface area contributed by atoms with E-state index in [1.165, 1.54) is 21.3 Å². The summed E-state index contributed by atoms with van der Waals surface area (Å²) in [6, 6.07) is 10.0. The van der Waals surface area contributed by atoms with Crippen molar-refractivity contribution in [2.75, 3.05) is 26.1 Å². The number of methoxy groups -OCH3 is 3. The minimum atomic E-state index is -3.86. The Morgan fingerprint density at radius 1 is 0.880 bits per heavy atom. The monoisotopic (exact) mass is 365 g/mol. The molecular weight excluding hydrogens is 342 g/mol. The fourth-order valence-electron chi connectivity index (χ4n) is 2.34. The molecule has 0 spiro atoms. The first-order valence-electron chi connectivity index (χ1n) is 7.75. The van der Waals surface area contributed by atoms with E-state index in [4.69, 9.17) is 14.2 Å². The molecule has 0 aliphatic carbocycles. The summed E-state index contributed by atoms with van der Waals surface area (Å²) in [5, 5.41) is 0. The van der Waals surface area contributed by atoms with E-state index in [2.05, 4.69) is 4.72 Å². The standard InChI is InChI=1S/C18H23NO5S/c1-12(2)13-6-9-16(23-4)18(10-13)25(20,21)19-15-8-7-14(22-3)11-17(15)24-5/h6-12,19H,1-5H3. The molecule has 0 radical (unpaired) electrons. The van der Waals surface area contributed by atoms with E-state index in [0.717, 1.165) is 5.56 Å². The molecule has 0 heterocycles. The van der Waals surface area contributed by atoms with Crippen molar-refractivity contribution >= 4 is 15.7 Å². The van der Waals surface area contributed by atoms with Crippen molar-refractivity contribution in [3.8, 4) is 17.2 Å². The van der Waals surface area contributed by atoms with Crippen LogP contribution in [0.1, 0.15) is 25.3 Å². The van der Waals surface area contributed by atoms with E-state index in [1.54, 1.807) is 30.3 Å². The molecule has 136 valence electrons. The summed E-state index contributed by atoms with van der Waals surface area (Å²) in [5.74, 6) is 1.40. The third-order valence-corrected chi connectivity index (χ3v) is 5.18. The van der Waals surface area contributed by atoms with Gasteiger partial charge in [0.25, 0.3) is 10.0 Å². The van der Waals surface area contributed by atoms with E-state index < -0.39 is 10.0 Å². The largest absolute Gasteiger partial charge is 0.497 e. The van der Waals surface area contributed by atoms with Gasteiger partial charge in [-0.2, -0.15) is 0 Å². The van der Waals surface area contributed by atoms with Gasteiger partial charge in [-0.1, -0.05) is 19.9 Å². The van der Waals surface area contributed by atoms with E-state index >= 15 is 0 Å². The molecular formula is C18H23NO5S. The number of rotatable bonds is 7. The summed E-state index contributed by atoms with van der Waals surface area (Å²) in [4.78, 5) is 0.0825. The van der Waals surface area contributed by atoms with Crippen molar-refractivity contribution < 1.29 is 22.6 Å². The zero-order valence-corrected chi connectivity index (χ0v) is 15.8. The van der Waals surface area contributed by atoms with Gasteiger partial charge < -0.3 is 14.2 Å². The molecule has 1 N–H and O–H groups in total. The fourth-order valence-corrected chi connectivity index (χ4v) is 3.62. The number of nitrogens with one attached hydrogen (secondary N) is 1. The third-order valence-electron chi connectivity index (χ3n) is 3.80. The van der Waals surface area contributed by atoms with Gasteiger partial charge in [-0.15, -0.1) is 0 Å². The second kappa shape index (κ2) is 7.65. The summed E-state index contributed by atoms with van der Waals surface area (Å²) in [7, 11) is 0.575. The number of sulfonamides is 1. The molecule has 0 saturated carbocycles. The maximum atomic E-state index is 12.9. The Hall–Kier alpha value is -2.41. The molecule has 7 heteroatoms. The topological polar surface area (TPSA) is 73.9 Å². The van der Waals surface area contributed by atoms with Crippen LogP contribution in [0.15, 0.2) is 41.3 Å². The molecule has 2 rings (SSSR count). The summed E-state index contributed by atoms with van der Waals surface area (Å²) in [6.07, 6.45) is 0. The zero-order valence-electron chi connectivity index (χ0n) is 15.0. The molecule has 6 nitrogen and oxygen atoms in total. The second-order valence-corrected chi connectivity index (χ2v) is 7.39. The first kappa shape index (κ1) is 18.9. The predicted octanol–water partition coefficient (Wildman–Crippen LogP) is 3.64. The first-order chi connectivity index (χ1) is 11.8. The van der Waals surface area contributed by atoms with Gasteiger partial charge in [0.1, 0.15) is 22.1 Å². The normalized spacial score (nSPS) is 11.3. The minimum Gasteiger partial charge on any atom is -0.497 e. The van der Waals surface area contributed by atoms with E-state index in [0.29, 0.717) is 17.2 Å². The van der Waals surface area contributed by atoms with Crippen molar-refractivity contribution in [2.24, 2.45) is 0 Å². The Labute approximate surface area is 148 Å². The van der Waals surface area contributed by atoms with Crippen LogP contribution in [0.25, 0.3) is 0 Å². The lowest BCUT2D eigenvalue weighted by molar-refractivity contribution is 0.395. The Kier molecular flexibility index (Phi) is 5.79. The van der Waals surface area contributed by atoms with Crippen LogP contribution in [0, 0.1) is 0 Å². The fraction of sp³-hybridized carbons (Fsp3) is 0.333. The number of ether oxygens (including phenoxy) is 3. The minimum absolute atomic E-state index is 0.0825. The lowest BCUT2D eigenvalue weighted by atomic mass is 10.0. The van der Waals surface area contributed by atoms with Crippen LogP contribution in [-0.2, 0) is 10.0 Å². The molecule has 0 saturated heterocycles. The highest BCUT2D eigenvalue weighted by Crippen LogP contribution is 2.33. The number of hydrogen-bond donors (Lipinski definition) is 1. The van der Waals surface area contributed by atoms with E-state index in [-0.39, 0.29) is 16.6 Å². The number of anilines is 1. The SMILES string of the molecule is COc1ccc(NS(=O)(=O)c2cc(C(C)C)ccc2OC)c(OC)c1. The molecule has 0 fully saturated rings. The van der Waals surface area contributed by atoms with E-state index in [9.17, 15) is 8.42 Å². The average Bonchev–Trinajstić information content (AvgIpc) is 2.61. The van der Waals surface area contributed by atoms with Crippen molar-refractivity contribution in [3.63, 3.8) is 0 Å². The number of hydrogen-bond acceptors (Lipinski definition) is 5. The Morgan fingerprint density at radius 3 is 2.12 bits per heavy atom. The Bertz CT molecular complexity index is 847. The predicted molar refractivity (Wildman–Crippen MR) is 97.4 cm³/mol. The highest BCUT2D eigenvalue weighted by atomic mass is 32.2. The van der Waals surface area contributed by atoms with Crippen LogP contribution in [0.2, 0.25) is 0 Å². The first-order valence-corrected chi connectivity index (χ1v) is 9.23. The van der Waals surface area contributed by atoms with Crippen LogP contribution in [0.4, 0.5) is 5.69 Å². The summed E-state index contributed by atoms with van der Waals surface area (Å²) >= 11 is 0. The number of benzene rings is 2. The molecule has 0 aliphatic heterocycles. The summed E-state index contributed by atoms with van der Waals surface area (Å²) in [5.41, 5.74) is 1.23. The van der Waals surface area contributed by atoms with Crippen LogP contribution < -0.4 is 18.9 Å². The highest BCUT2D eigenvalue weighted by molar-refractivity contribution is 7.92. The quantitative estimate of drug-likeness (QED) is 0.811. The molecule has 2 aromatic rings. The summed E-state index contributed by atoms with van der Waals surface area (Å²) < 4.78 is 44.0. The molecule has 0 aliphatic rings. The van der Waals surface area contributed by atoms with Crippen molar-refractivity contribution in [1.82, 2.24) is 0 Å². The maximum Gasteiger partial charge on any atom is 0.265 e. The van der Waals surface area contributed by atoms with Gasteiger partial charge in [-0.3, -0.25) is 4.72 Å². The van der Waals surface area contributed by atoms with E-state index in [1.807, 2.05) is 19.9 Å². The molecule has 0 aromatic heterocycles. The molecule has 0 atom stereocenters. The molecule has 2 aromatic carbocycles. The molecule has 0 unspecified atom stereocenters. The summed E-state index contributed by atoms with van der Waals surface area (Å²) in [6.45, 7) is 4.00. The lowest BCUT2D eigenvalue weighted by Gasteiger charge is -2.16.